The van der Waals surface area contributed by atoms with E-state index in [2.05, 4.69) is 15.3 Å². The standard InChI is InChI=1S/C16H18FN5/c1-3-22(4-2)15-6-5-12(9-13(15)17)11-21-16-14(10-18)19-7-8-20-16/h5-9H,3-4,11H2,1-2H3,(H,20,21). The van der Waals surface area contributed by atoms with Crippen LogP contribution < -0.4 is 10.2 Å². The molecule has 0 bridgehead atoms. The van der Waals surface area contributed by atoms with Crippen LogP contribution in [0.3, 0.4) is 0 Å². The van der Waals surface area contributed by atoms with Crippen LogP contribution in [-0.2, 0) is 6.54 Å². The van der Waals surface area contributed by atoms with E-state index in [-0.39, 0.29) is 11.5 Å². The first-order valence-corrected chi connectivity index (χ1v) is 7.17. The molecule has 0 saturated heterocycles. The minimum absolute atomic E-state index is 0.225. The molecule has 0 atom stereocenters. The Morgan fingerprint density at radius 3 is 2.59 bits per heavy atom. The molecule has 5 nitrogen and oxygen atoms in total. The molecule has 0 radical (unpaired) electrons. The normalized spacial score (nSPS) is 10.1. The first-order chi connectivity index (χ1) is 10.7. The molecule has 0 saturated carbocycles. The molecule has 1 heterocycles. The molecule has 6 heteroatoms. The van der Waals surface area contributed by atoms with E-state index in [1.54, 1.807) is 6.07 Å². The predicted molar refractivity (Wildman–Crippen MR) is 84.0 cm³/mol. The third kappa shape index (κ3) is 3.50. The summed E-state index contributed by atoms with van der Waals surface area (Å²) in [6.07, 6.45) is 2.97. The Morgan fingerprint density at radius 1 is 1.23 bits per heavy atom. The molecule has 2 aromatic rings. The first kappa shape index (κ1) is 15.7. The van der Waals surface area contributed by atoms with Crippen LogP contribution in [0.25, 0.3) is 0 Å². The van der Waals surface area contributed by atoms with Gasteiger partial charge in [0.15, 0.2) is 11.5 Å². The molecule has 0 amide bonds. The van der Waals surface area contributed by atoms with Crippen molar-refractivity contribution in [3.63, 3.8) is 0 Å². The Kier molecular flexibility index (Phi) is 5.26. The Balaban J connectivity index is 2.11. The lowest BCUT2D eigenvalue weighted by atomic mass is 10.1. The molecule has 22 heavy (non-hydrogen) atoms. The summed E-state index contributed by atoms with van der Waals surface area (Å²) in [5, 5.41) is 12.0. The zero-order valence-corrected chi connectivity index (χ0v) is 12.7. The molecule has 1 N–H and O–H groups in total. The Morgan fingerprint density at radius 2 is 1.95 bits per heavy atom. The maximum Gasteiger partial charge on any atom is 0.182 e. The average molecular weight is 299 g/mol. The highest BCUT2D eigenvalue weighted by Gasteiger charge is 2.10. The third-order valence-electron chi connectivity index (χ3n) is 3.38. The van der Waals surface area contributed by atoms with Crippen molar-refractivity contribution < 1.29 is 4.39 Å². The molecule has 0 unspecified atom stereocenters. The van der Waals surface area contributed by atoms with Crippen molar-refractivity contribution in [1.29, 1.82) is 5.26 Å². The van der Waals surface area contributed by atoms with E-state index < -0.39 is 0 Å². The summed E-state index contributed by atoms with van der Waals surface area (Å²) in [4.78, 5) is 9.94. The molecule has 2 rings (SSSR count). The summed E-state index contributed by atoms with van der Waals surface area (Å²) in [6, 6.07) is 7.11. The van der Waals surface area contributed by atoms with Crippen LogP contribution in [0.1, 0.15) is 25.1 Å². The number of halogens is 1. The Bertz CT molecular complexity index is 676. The van der Waals surface area contributed by atoms with Crippen molar-refractivity contribution in [3.05, 3.63) is 47.7 Å². The summed E-state index contributed by atoms with van der Waals surface area (Å²) in [5.41, 5.74) is 1.61. The van der Waals surface area contributed by atoms with E-state index in [1.807, 2.05) is 30.9 Å². The van der Waals surface area contributed by atoms with Crippen molar-refractivity contribution in [3.8, 4) is 6.07 Å². The van der Waals surface area contributed by atoms with Gasteiger partial charge >= 0.3 is 0 Å². The highest BCUT2D eigenvalue weighted by molar-refractivity contribution is 5.50. The number of nitriles is 1. The number of aromatic nitrogens is 2. The number of hydrogen-bond acceptors (Lipinski definition) is 5. The van der Waals surface area contributed by atoms with Gasteiger partial charge in [-0.05, 0) is 31.5 Å². The van der Waals surface area contributed by atoms with Gasteiger partial charge in [0, 0.05) is 32.0 Å². The van der Waals surface area contributed by atoms with Crippen LogP contribution in [0.2, 0.25) is 0 Å². The number of hydrogen-bond donors (Lipinski definition) is 1. The monoisotopic (exact) mass is 299 g/mol. The van der Waals surface area contributed by atoms with Gasteiger partial charge in [-0.15, -0.1) is 0 Å². The second-order valence-electron chi connectivity index (χ2n) is 4.68. The maximum atomic E-state index is 14.2. The molecule has 0 spiro atoms. The van der Waals surface area contributed by atoms with Gasteiger partial charge in [0.05, 0.1) is 5.69 Å². The van der Waals surface area contributed by atoms with Crippen molar-refractivity contribution in [2.75, 3.05) is 23.3 Å². The van der Waals surface area contributed by atoms with Gasteiger partial charge in [0.1, 0.15) is 11.9 Å². The maximum absolute atomic E-state index is 14.2. The molecule has 1 aromatic heterocycles. The van der Waals surface area contributed by atoms with Gasteiger partial charge in [-0.25, -0.2) is 14.4 Å². The number of anilines is 2. The van der Waals surface area contributed by atoms with Gasteiger partial charge in [-0.2, -0.15) is 5.26 Å². The van der Waals surface area contributed by atoms with Gasteiger partial charge in [-0.1, -0.05) is 6.07 Å². The van der Waals surface area contributed by atoms with Crippen molar-refractivity contribution in [1.82, 2.24) is 9.97 Å². The fraction of sp³-hybridized carbons (Fsp3) is 0.312. The number of nitrogens with zero attached hydrogens (tertiary/aromatic N) is 4. The van der Waals surface area contributed by atoms with E-state index in [0.717, 1.165) is 18.7 Å². The molecular formula is C16H18FN5. The number of benzene rings is 1. The SMILES string of the molecule is CCN(CC)c1ccc(CNc2nccnc2C#N)cc1F. The second-order valence-corrected chi connectivity index (χ2v) is 4.68. The molecule has 114 valence electrons. The lowest BCUT2D eigenvalue weighted by Gasteiger charge is -2.22. The van der Waals surface area contributed by atoms with Crippen LogP contribution in [-0.4, -0.2) is 23.1 Å². The van der Waals surface area contributed by atoms with Crippen LogP contribution in [0, 0.1) is 17.1 Å². The fourth-order valence-corrected chi connectivity index (χ4v) is 2.22. The van der Waals surface area contributed by atoms with Crippen LogP contribution in [0.15, 0.2) is 30.6 Å². The zero-order valence-electron chi connectivity index (χ0n) is 12.7. The third-order valence-corrected chi connectivity index (χ3v) is 3.38. The Labute approximate surface area is 129 Å². The molecule has 0 aliphatic carbocycles. The molecular weight excluding hydrogens is 281 g/mol. The number of rotatable bonds is 6. The fourth-order valence-electron chi connectivity index (χ4n) is 2.22. The highest BCUT2D eigenvalue weighted by Crippen LogP contribution is 2.21. The van der Waals surface area contributed by atoms with Crippen molar-refractivity contribution in [2.45, 2.75) is 20.4 Å². The number of nitrogens with one attached hydrogen (secondary N) is 1. The summed E-state index contributed by atoms with van der Waals surface area (Å²) in [6.45, 7) is 5.89. The van der Waals surface area contributed by atoms with Crippen LogP contribution in [0.4, 0.5) is 15.9 Å². The molecule has 0 aliphatic rings. The summed E-state index contributed by atoms with van der Waals surface area (Å²) in [5.74, 6) is 0.154. The van der Waals surface area contributed by atoms with Gasteiger partial charge < -0.3 is 10.2 Å². The smallest absolute Gasteiger partial charge is 0.182 e. The molecule has 0 fully saturated rings. The lowest BCUT2D eigenvalue weighted by molar-refractivity contribution is 0.618. The Hall–Kier alpha value is -2.68. The van der Waals surface area contributed by atoms with E-state index in [4.69, 9.17) is 5.26 Å². The van der Waals surface area contributed by atoms with Crippen molar-refractivity contribution >= 4 is 11.5 Å². The van der Waals surface area contributed by atoms with E-state index in [9.17, 15) is 4.39 Å². The minimum Gasteiger partial charge on any atom is -0.370 e. The topological polar surface area (TPSA) is 64.8 Å². The molecule has 0 aliphatic heterocycles. The molecule has 1 aromatic carbocycles. The van der Waals surface area contributed by atoms with E-state index in [0.29, 0.717) is 18.1 Å². The highest BCUT2D eigenvalue weighted by atomic mass is 19.1. The largest absolute Gasteiger partial charge is 0.370 e. The second kappa shape index (κ2) is 7.36. The van der Waals surface area contributed by atoms with Crippen LogP contribution in [0.5, 0.6) is 0 Å². The minimum atomic E-state index is -0.248. The van der Waals surface area contributed by atoms with Gasteiger partial charge in [-0.3, -0.25) is 0 Å². The van der Waals surface area contributed by atoms with E-state index in [1.165, 1.54) is 18.5 Å². The summed E-state index contributed by atoms with van der Waals surface area (Å²) < 4.78 is 14.2. The van der Waals surface area contributed by atoms with Crippen molar-refractivity contribution in [2.24, 2.45) is 0 Å². The van der Waals surface area contributed by atoms with E-state index >= 15 is 0 Å². The quantitative estimate of drug-likeness (QED) is 0.888. The first-order valence-electron chi connectivity index (χ1n) is 7.17. The zero-order chi connectivity index (χ0) is 15.9. The predicted octanol–water partition coefficient (Wildman–Crippen LogP) is 2.95. The lowest BCUT2D eigenvalue weighted by Crippen LogP contribution is -2.23. The summed E-state index contributed by atoms with van der Waals surface area (Å²) >= 11 is 0. The van der Waals surface area contributed by atoms with Gasteiger partial charge in [0.25, 0.3) is 0 Å². The summed E-state index contributed by atoms with van der Waals surface area (Å²) in [7, 11) is 0. The van der Waals surface area contributed by atoms with Crippen LogP contribution >= 0.6 is 0 Å². The van der Waals surface area contributed by atoms with Gasteiger partial charge in [0.2, 0.25) is 0 Å². The average Bonchev–Trinajstić information content (AvgIpc) is 2.56.